The van der Waals surface area contributed by atoms with Gasteiger partial charge in [-0.1, -0.05) is 43.3 Å². The molecule has 1 unspecified atom stereocenters. The van der Waals surface area contributed by atoms with Gasteiger partial charge in [-0.05, 0) is 18.4 Å². The molecule has 0 amide bonds. The maximum absolute atomic E-state index is 9.94. The van der Waals surface area contributed by atoms with Gasteiger partial charge in [0.15, 0.2) is 0 Å². The highest BCUT2D eigenvalue weighted by Gasteiger charge is 2.21. The van der Waals surface area contributed by atoms with Gasteiger partial charge in [-0.25, -0.2) is 0 Å². The molecule has 0 fully saturated rings. The second kappa shape index (κ2) is 8.86. The maximum Gasteiger partial charge on any atom is 0.0716 e. The lowest BCUT2D eigenvalue weighted by Crippen LogP contribution is -2.30. The first-order chi connectivity index (χ1) is 9.15. The van der Waals surface area contributed by atoms with Crippen LogP contribution in [0.15, 0.2) is 43.0 Å². The molecule has 1 aromatic rings. The molecule has 2 N–H and O–H groups in total. The van der Waals surface area contributed by atoms with E-state index in [1.54, 1.807) is 6.08 Å². The molecule has 0 aliphatic heterocycles. The van der Waals surface area contributed by atoms with E-state index in [-0.39, 0.29) is 5.92 Å². The van der Waals surface area contributed by atoms with Crippen LogP contribution in [0.5, 0.6) is 0 Å². The van der Waals surface area contributed by atoms with Crippen molar-refractivity contribution in [1.82, 2.24) is 0 Å². The minimum atomic E-state index is -0.550. The predicted octanol–water partition coefficient (Wildman–Crippen LogP) is 2.53. The molecular weight excluding hydrogens is 240 g/mol. The van der Waals surface area contributed by atoms with E-state index in [1.807, 2.05) is 37.3 Å². The largest absolute Gasteiger partial charge is 0.393 e. The highest BCUT2D eigenvalue weighted by atomic mass is 16.5. The zero-order valence-corrected chi connectivity index (χ0v) is 11.5. The van der Waals surface area contributed by atoms with Crippen LogP contribution in [0.4, 0.5) is 0 Å². The van der Waals surface area contributed by atoms with Crippen molar-refractivity contribution >= 4 is 0 Å². The molecule has 106 valence electrons. The highest BCUT2D eigenvalue weighted by Crippen LogP contribution is 2.15. The summed E-state index contributed by atoms with van der Waals surface area (Å²) in [5.74, 6) is -0.168. The van der Waals surface area contributed by atoms with E-state index in [0.717, 1.165) is 5.56 Å². The normalized spacial score (nSPS) is 15.7. The number of ether oxygens (including phenoxy) is 1. The first kappa shape index (κ1) is 15.9. The molecular formula is C16H24O3. The van der Waals surface area contributed by atoms with Crippen LogP contribution in [-0.4, -0.2) is 29.0 Å². The highest BCUT2D eigenvalue weighted by molar-refractivity contribution is 5.13. The molecule has 0 aliphatic carbocycles. The van der Waals surface area contributed by atoms with Gasteiger partial charge in [0.2, 0.25) is 0 Å². The fourth-order valence-electron chi connectivity index (χ4n) is 1.87. The minimum absolute atomic E-state index is 0.168. The van der Waals surface area contributed by atoms with E-state index in [2.05, 4.69) is 6.58 Å². The standard InChI is InChI=1S/C16H24O3/c1-3-7-15(17)13(2)16(18)10-11-19-12-14-8-5-4-6-9-14/h3-6,8-9,13,15-18H,1,7,10-12H2,2H3/t13?,15-,16-/m0/s1. The number of aliphatic hydroxyl groups is 2. The molecule has 1 aromatic carbocycles. The summed E-state index contributed by atoms with van der Waals surface area (Å²) in [6, 6.07) is 9.93. The van der Waals surface area contributed by atoms with Crippen molar-refractivity contribution in [2.45, 2.75) is 38.6 Å². The van der Waals surface area contributed by atoms with Crippen LogP contribution in [0.25, 0.3) is 0 Å². The number of hydrogen-bond acceptors (Lipinski definition) is 3. The lowest BCUT2D eigenvalue weighted by Gasteiger charge is -2.23. The average Bonchev–Trinajstić information content (AvgIpc) is 2.44. The van der Waals surface area contributed by atoms with Gasteiger partial charge in [-0.15, -0.1) is 6.58 Å². The third kappa shape index (κ3) is 6.01. The molecule has 0 aliphatic rings. The van der Waals surface area contributed by atoms with Gasteiger partial charge in [0.1, 0.15) is 0 Å². The summed E-state index contributed by atoms with van der Waals surface area (Å²) in [4.78, 5) is 0. The number of hydrogen-bond donors (Lipinski definition) is 2. The van der Waals surface area contributed by atoms with Crippen molar-refractivity contribution in [2.24, 2.45) is 5.92 Å². The monoisotopic (exact) mass is 264 g/mol. The van der Waals surface area contributed by atoms with Gasteiger partial charge in [0, 0.05) is 12.5 Å². The summed E-state index contributed by atoms with van der Waals surface area (Å²) in [5, 5.41) is 19.7. The Labute approximate surface area is 115 Å². The van der Waals surface area contributed by atoms with Crippen molar-refractivity contribution in [3.8, 4) is 0 Å². The summed E-state index contributed by atoms with van der Waals surface area (Å²) < 4.78 is 5.52. The van der Waals surface area contributed by atoms with Gasteiger partial charge < -0.3 is 14.9 Å². The van der Waals surface area contributed by atoms with Crippen LogP contribution in [-0.2, 0) is 11.3 Å². The Hall–Kier alpha value is -1.16. The fraction of sp³-hybridized carbons (Fsp3) is 0.500. The van der Waals surface area contributed by atoms with Gasteiger partial charge in [0.05, 0.1) is 18.8 Å². The zero-order chi connectivity index (χ0) is 14.1. The fourth-order valence-corrected chi connectivity index (χ4v) is 1.87. The number of benzene rings is 1. The summed E-state index contributed by atoms with van der Waals surface area (Å²) in [6.07, 6.45) is 1.61. The molecule has 0 saturated heterocycles. The Kier molecular flexibility index (Phi) is 7.41. The quantitative estimate of drug-likeness (QED) is 0.532. The molecule has 0 radical (unpaired) electrons. The van der Waals surface area contributed by atoms with Crippen molar-refractivity contribution in [3.05, 3.63) is 48.6 Å². The van der Waals surface area contributed by atoms with Crippen molar-refractivity contribution in [1.29, 1.82) is 0 Å². The molecule has 19 heavy (non-hydrogen) atoms. The Morgan fingerprint density at radius 3 is 2.53 bits per heavy atom. The van der Waals surface area contributed by atoms with Crippen LogP contribution in [0.2, 0.25) is 0 Å². The van der Waals surface area contributed by atoms with E-state index in [9.17, 15) is 10.2 Å². The second-order valence-corrected chi connectivity index (χ2v) is 4.85. The molecule has 3 atom stereocenters. The molecule has 3 heteroatoms. The Morgan fingerprint density at radius 1 is 1.21 bits per heavy atom. The van der Waals surface area contributed by atoms with Gasteiger partial charge in [0.25, 0.3) is 0 Å². The molecule has 0 heterocycles. The molecule has 0 aromatic heterocycles. The predicted molar refractivity (Wildman–Crippen MR) is 76.7 cm³/mol. The van der Waals surface area contributed by atoms with Gasteiger partial charge >= 0.3 is 0 Å². The third-order valence-electron chi connectivity index (χ3n) is 3.29. The van der Waals surface area contributed by atoms with Crippen LogP contribution in [0.1, 0.15) is 25.3 Å². The molecule has 1 rings (SSSR count). The van der Waals surface area contributed by atoms with Crippen molar-refractivity contribution in [2.75, 3.05) is 6.61 Å². The lowest BCUT2D eigenvalue weighted by molar-refractivity contribution is -0.000186. The number of rotatable bonds is 9. The van der Waals surface area contributed by atoms with Gasteiger partial charge in [-0.2, -0.15) is 0 Å². The summed E-state index contributed by atoms with van der Waals surface area (Å²) in [5.41, 5.74) is 1.12. The van der Waals surface area contributed by atoms with Crippen LogP contribution in [0.3, 0.4) is 0 Å². The van der Waals surface area contributed by atoms with Crippen LogP contribution in [0, 0.1) is 5.92 Å². The second-order valence-electron chi connectivity index (χ2n) is 4.85. The molecule has 0 saturated carbocycles. The Balaban J connectivity index is 2.19. The van der Waals surface area contributed by atoms with E-state index in [0.29, 0.717) is 26.1 Å². The molecule has 0 bridgehead atoms. The van der Waals surface area contributed by atoms with E-state index < -0.39 is 12.2 Å². The molecule has 0 spiro atoms. The Bertz CT molecular complexity index is 350. The first-order valence-corrected chi connectivity index (χ1v) is 6.73. The van der Waals surface area contributed by atoms with Crippen LogP contribution < -0.4 is 0 Å². The maximum atomic E-state index is 9.94. The summed E-state index contributed by atoms with van der Waals surface area (Å²) >= 11 is 0. The van der Waals surface area contributed by atoms with E-state index in [1.165, 1.54) is 0 Å². The third-order valence-corrected chi connectivity index (χ3v) is 3.29. The molecule has 3 nitrogen and oxygen atoms in total. The average molecular weight is 264 g/mol. The smallest absolute Gasteiger partial charge is 0.0716 e. The summed E-state index contributed by atoms with van der Waals surface area (Å²) in [6.45, 7) is 6.47. The SMILES string of the molecule is C=CC[C@H](O)C(C)[C@@H](O)CCOCc1ccccc1. The first-order valence-electron chi connectivity index (χ1n) is 6.73. The number of aliphatic hydroxyl groups excluding tert-OH is 2. The van der Waals surface area contributed by atoms with E-state index in [4.69, 9.17) is 4.74 Å². The van der Waals surface area contributed by atoms with Crippen LogP contribution >= 0.6 is 0 Å². The van der Waals surface area contributed by atoms with Gasteiger partial charge in [-0.3, -0.25) is 0 Å². The summed E-state index contributed by atoms with van der Waals surface area (Å²) in [7, 11) is 0. The van der Waals surface area contributed by atoms with Crippen molar-refractivity contribution < 1.29 is 14.9 Å². The minimum Gasteiger partial charge on any atom is -0.393 e. The van der Waals surface area contributed by atoms with E-state index >= 15 is 0 Å². The topological polar surface area (TPSA) is 49.7 Å². The lowest BCUT2D eigenvalue weighted by atomic mass is 9.94. The zero-order valence-electron chi connectivity index (χ0n) is 11.5. The Morgan fingerprint density at radius 2 is 1.89 bits per heavy atom. The van der Waals surface area contributed by atoms with Crippen molar-refractivity contribution in [3.63, 3.8) is 0 Å².